The number of nitrogens with one attached hydrogen (secondary N) is 2. The van der Waals surface area contributed by atoms with Gasteiger partial charge in [-0.15, -0.1) is 0 Å². The van der Waals surface area contributed by atoms with Gasteiger partial charge in [-0.25, -0.2) is 0 Å². The Labute approximate surface area is 113 Å². The molecule has 0 aliphatic carbocycles. The van der Waals surface area contributed by atoms with Crippen molar-refractivity contribution in [3.63, 3.8) is 0 Å². The first-order valence-corrected chi connectivity index (χ1v) is 6.29. The Morgan fingerprint density at radius 1 is 1.33 bits per heavy atom. The molecule has 0 fully saturated rings. The molecule has 1 rings (SSSR count). The lowest BCUT2D eigenvalue weighted by Crippen LogP contribution is -2.35. The van der Waals surface area contributed by atoms with E-state index < -0.39 is 0 Å². The van der Waals surface area contributed by atoms with Crippen LogP contribution in [0.2, 0.25) is 5.02 Å². The van der Waals surface area contributed by atoms with Crippen molar-refractivity contribution in [3.05, 3.63) is 29.3 Å². The lowest BCUT2D eigenvalue weighted by Gasteiger charge is -2.12. The van der Waals surface area contributed by atoms with E-state index in [1.807, 2.05) is 7.05 Å². The molecule has 0 aliphatic heterocycles. The van der Waals surface area contributed by atoms with Crippen molar-refractivity contribution < 1.29 is 9.53 Å². The van der Waals surface area contributed by atoms with Crippen molar-refractivity contribution in [1.29, 1.82) is 0 Å². The molecule has 4 nitrogen and oxygen atoms in total. The predicted octanol–water partition coefficient (Wildman–Crippen LogP) is 1.69. The van der Waals surface area contributed by atoms with Crippen LogP contribution in [0.4, 0.5) is 0 Å². The fourth-order valence-corrected chi connectivity index (χ4v) is 1.57. The van der Waals surface area contributed by atoms with Gasteiger partial charge in [-0.2, -0.15) is 0 Å². The van der Waals surface area contributed by atoms with Crippen LogP contribution in [0.3, 0.4) is 0 Å². The number of carbonyl (C=O) groups is 1. The van der Waals surface area contributed by atoms with Crippen LogP contribution < -0.4 is 15.4 Å². The molecule has 1 aromatic carbocycles. The van der Waals surface area contributed by atoms with Gasteiger partial charge in [-0.3, -0.25) is 4.79 Å². The molecule has 0 aromatic heterocycles. The molecule has 0 radical (unpaired) electrons. The van der Waals surface area contributed by atoms with Crippen molar-refractivity contribution in [2.24, 2.45) is 5.92 Å². The number of hydrogen-bond donors (Lipinski definition) is 2. The molecule has 0 aliphatic rings. The molecule has 0 heterocycles. The highest BCUT2D eigenvalue weighted by molar-refractivity contribution is 6.30. The van der Waals surface area contributed by atoms with Crippen molar-refractivity contribution in [2.75, 3.05) is 26.7 Å². The average Bonchev–Trinajstić information content (AvgIpc) is 2.36. The summed E-state index contributed by atoms with van der Waals surface area (Å²) in [5.41, 5.74) is 0. The maximum atomic E-state index is 11.5. The van der Waals surface area contributed by atoms with Crippen molar-refractivity contribution in [2.45, 2.75) is 6.92 Å². The number of benzene rings is 1. The summed E-state index contributed by atoms with van der Waals surface area (Å²) >= 11 is 5.75. The third-order valence-electron chi connectivity index (χ3n) is 2.38. The topological polar surface area (TPSA) is 50.4 Å². The van der Waals surface area contributed by atoms with Crippen LogP contribution in [0.5, 0.6) is 5.75 Å². The number of carbonyl (C=O) groups excluding carboxylic acids is 1. The van der Waals surface area contributed by atoms with Gasteiger partial charge in [-0.1, -0.05) is 18.5 Å². The van der Waals surface area contributed by atoms with Crippen LogP contribution in [-0.4, -0.2) is 32.7 Å². The van der Waals surface area contributed by atoms with Crippen LogP contribution >= 0.6 is 11.6 Å². The van der Waals surface area contributed by atoms with E-state index in [1.54, 1.807) is 24.3 Å². The van der Waals surface area contributed by atoms with Crippen LogP contribution in [0.25, 0.3) is 0 Å². The van der Waals surface area contributed by atoms with Crippen LogP contribution in [0.1, 0.15) is 6.92 Å². The first-order valence-electron chi connectivity index (χ1n) is 5.91. The maximum absolute atomic E-state index is 11.5. The third-order valence-corrected chi connectivity index (χ3v) is 2.64. The predicted molar refractivity (Wildman–Crippen MR) is 73.0 cm³/mol. The molecule has 2 N–H and O–H groups in total. The van der Waals surface area contributed by atoms with E-state index in [-0.39, 0.29) is 12.5 Å². The number of hydrogen-bond acceptors (Lipinski definition) is 3. The Balaban J connectivity index is 2.22. The zero-order chi connectivity index (χ0) is 13.4. The van der Waals surface area contributed by atoms with Crippen LogP contribution in [-0.2, 0) is 4.79 Å². The quantitative estimate of drug-likeness (QED) is 0.793. The Kier molecular flexibility index (Phi) is 6.54. The minimum absolute atomic E-state index is 0.0217. The molecule has 0 saturated carbocycles. The molecular weight excluding hydrogens is 252 g/mol. The van der Waals surface area contributed by atoms with E-state index in [2.05, 4.69) is 17.6 Å². The number of ether oxygens (including phenoxy) is 1. The van der Waals surface area contributed by atoms with Gasteiger partial charge in [0.1, 0.15) is 5.75 Å². The number of halogens is 1. The molecule has 5 heteroatoms. The summed E-state index contributed by atoms with van der Waals surface area (Å²) in [4.78, 5) is 11.5. The number of rotatable bonds is 7. The molecule has 1 unspecified atom stereocenters. The monoisotopic (exact) mass is 270 g/mol. The summed E-state index contributed by atoms with van der Waals surface area (Å²) in [5, 5.41) is 6.52. The third kappa shape index (κ3) is 5.89. The fourth-order valence-electron chi connectivity index (χ4n) is 1.44. The van der Waals surface area contributed by atoms with E-state index >= 15 is 0 Å². The molecule has 0 saturated heterocycles. The van der Waals surface area contributed by atoms with E-state index in [1.165, 1.54) is 0 Å². The number of amides is 1. The van der Waals surface area contributed by atoms with Crippen LogP contribution in [0, 0.1) is 5.92 Å². The van der Waals surface area contributed by atoms with Crippen molar-refractivity contribution in [3.8, 4) is 5.75 Å². The molecule has 0 bridgehead atoms. The lowest BCUT2D eigenvalue weighted by atomic mass is 10.2. The SMILES string of the molecule is CNCC(C)CNC(=O)COc1ccc(Cl)cc1. The highest BCUT2D eigenvalue weighted by Gasteiger charge is 2.05. The molecule has 18 heavy (non-hydrogen) atoms. The maximum Gasteiger partial charge on any atom is 0.257 e. The largest absolute Gasteiger partial charge is 0.484 e. The van der Waals surface area contributed by atoms with E-state index in [0.29, 0.717) is 23.2 Å². The van der Waals surface area contributed by atoms with Crippen molar-refractivity contribution >= 4 is 17.5 Å². The molecule has 1 atom stereocenters. The van der Waals surface area contributed by atoms with Gasteiger partial charge in [0.05, 0.1) is 0 Å². The average molecular weight is 271 g/mol. The van der Waals surface area contributed by atoms with Gasteiger partial charge in [0.25, 0.3) is 5.91 Å². The Hall–Kier alpha value is -1.26. The molecule has 0 spiro atoms. The molecule has 100 valence electrons. The Bertz CT molecular complexity index is 368. The summed E-state index contributed by atoms with van der Waals surface area (Å²) in [6.07, 6.45) is 0. The summed E-state index contributed by atoms with van der Waals surface area (Å²) in [7, 11) is 1.89. The second-order valence-electron chi connectivity index (χ2n) is 4.21. The second-order valence-corrected chi connectivity index (χ2v) is 4.65. The van der Waals surface area contributed by atoms with E-state index in [0.717, 1.165) is 6.54 Å². The van der Waals surface area contributed by atoms with Gasteiger partial charge in [0.15, 0.2) is 6.61 Å². The highest BCUT2D eigenvalue weighted by atomic mass is 35.5. The van der Waals surface area contributed by atoms with Gasteiger partial charge in [0.2, 0.25) is 0 Å². The smallest absolute Gasteiger partial charge is 0.257 e. The van der Waals surface area contributed by atoms with Gasteiger partial charge >= 0.3 is 0 Å². The van der Waals surface area contributed by atoms with E-state index in [4.69, 9.17) is 16.3 Å². The minimum Gasteiger partial charge on any atom is -0.484 e. The molecule has 1 aromatic rings. The standard InChI is InChI=1S/C13H19ClN2O2/c1-10(7-15-2)8-16-13(17)9-18-12-5-3-11(14)4-6-12/h3-6,10,15H,7-9H2,1-2H3,(H,16,17). The lowest BCUT2D eigenvalue weighted by molar-refractivity contribution is -0.123. The summed E-state index contributed by atoms with van der Waals surface area (Å²) in [5.74, 6) is 0.917. The second kappa shape index (κ2) is 7.95. The summed E-state index contributed by atoms with van der Waals surface area (Å²) < 4.78 is 5.33. The van der Waals surface area contributed by atoms with Crippen molar-refractivity contribution in [1.82, 2.24) is 10.6 Å². The fraction of sp³-hybridized carbons (Fsp3) is 0.462. The Morgan fingerprint density at radius 3 is 2.61 bits per heavy atom. The first kappa shape index (κ1) is 14.8. The van der Waals surface area contributed by atoms with Gasteiger partial charge < -0.3 is 15.4 Å². The van der Waals surface area contributed by atoms with E-state index in [9.17, 15) is 4.79 Å². The van der Waals surface area contributed by atoms with Gasteiger partial charge in [0, 0.05) is 11.6 Å². The normalized spacial score (nSPS) is 11.9. The zero-order valence-electron chi connectivity index (χ0n) is 10.7. The zero-order valence-corrected chi connectivity index (χ0v) is 11.5. The highest BCUT2D eigenvalue weighted by Crippen LogP contribution is 2.15. The minimum atomic E-state index is -0.118. The summed E-state index contributed by atoms with van der Waals surface area (Å²) in [6, 6.07) is 6.92. The van der Waals surface area contributed by atoms with Gasteiger partial charge in [-0.05, 0) is 43.8 Å². The Morgan fingerprint density at radius 2 is 2.00 bits per heavy atom. The molecule has 1 amide bonds. The molecular formula is C13H19ClN2O2. The first-order chi connectivity index (χ1) is 8.61. The summed E-state index contributed by atoms with van der Waals surface area (Å²) in [6.45, 7) is 3.60. The van der Waals surface area contributed by atoms with Crippen LogP contribution in [0.15, 0.2) is 24.3 Å².